The highest BCUT2D eigenvalue weighted by atomic mass is 16.6. The third-order valence-electron chi connectivity index (χ3n) is 2.97. The van der Waals surface area contributed by atoms with Crippen LogP contribution in [0.1, 0.15) is 13.3 Å². The van der Waals surface area contributed by atoms with E-state index in [1.807, 2.05) is 18.2 Å². The highest BCUT2D eigenvalue weighted by Crippen LogP contribution is 2.32. The van der Waals surface area contributed by atoms with E-state index in [0.29, 0.717) is 19.1 Å². The van der Waals surface area contributed by atoms with Gasteiger partial charge in [-0.1, -0.05) is 6.92 Å². The average molecular weight is 237 g/mol. The molecule has 0 fully saturated rings. The molecule has 0 bridgehead atoms. The molecule has 2 N–H and O–H groups in total. The first-order chi connectivity index (χ1) is 8.33. The number of aliphatic hydroxyl groups excluding tert-OH is 1. The molecule has 1 aliphatic rings. The summed E-state index contributed by atoms with van der Waals surface area (Å²) in [5, 5.41) is 12.4. The Morgan fingerprint density at radius 1 is 1.29 bits per heavy atom. The van der Waals surface area contributed by atoms with Gasteiger partial charge in [0.15, 0.2) is 11.5 Å². The summed E-state index contributed by atoms with van der Waals surface area (Å²) in [7, 11) is 0. The summed E-state index contributed by atoms with van der Waals surface area (Å²) < 4.78 is 11.0. The molecule has 1 unspecified atom stereocenters. The molecule has 0 spiro atoms. The van der Waals surface area contributed by atoms with Gasteiger partial charge in [-0.15, -0.1) is 0 Å². The van der Waals surface area contributed by atoms with Crippen molar-refractivity contribution in [3.8, 4) is 11.5 Å². The molecule has 4 heteroatoms. The van der Waals surface area contributed by atoms with Crippen molar-refractivity contribution in [1.82, 2.24) is 0 Å². The number of hydrogen-bond donors (Lipinski definition) is 2. The van der Waals surface area contributed by atoms with E-state index in [-0.39, 0.29) is 6.61 Å². The van der Waals surface area contributed by atoms with Crippen LogP contribution >= 0.6 is 0 Å². The number of nitrogens with one attached hydrogen (secondary N) is 1. The molecule has 1 aliphatic heterocycles. The predicted octanol–water partition coefficient (Wildman–Crippen LogP) is 1.89. The number of anilines is 1. The standard InChI is InChI=1S/C13H19NO3/c1-2-10(9-15)8-14-11-3-4-12-13(7-11)17-6-5-16-12/h3-4,7,10,14-15H,2,5-6,8-9H2,1H3. The fourth-order valence-corrected chi connectivity index (χ4v) is 1.75. The molecule has 0 amide bonds. The number of hydrogen-bond acceptors (Lipinski definition) is 4. The Morgan fingerprint density at radius 2 is 2.06 bits per heavy atom. The minimum atomic E-state index is 0.216. The topological polar surface area (TPSA) is 50.7 Å². The van der Waals surface area contributed by atoms with Crippen molar-refractivity contribution in [3.63, 3.8) is 0 Å². The van der Waals surface area contributed by atoms with Crippen LogP contribution < -0.4 is 14.8 Å². The zero-order chi connectivity index (χ0) is 12.1. The summed E-state index contributed by atoms with van der Waals surface area (Å²) >= 11 is 0. The molecule has 2 rings (SSSR count). The minimum Gasteiger partial charge on any atom is -0.486 e. The van der Waals surface area contributed by atoms with E-state index < -0.39 is 0 Å². The quantitative estimate of drug-likeness (QED) is 0.821. The molecule has 1 heterocycles. The molecule has 1 atom stereocenters. The molecule has 1 aromatic rings. The van der Waals surface area contributed by atoms with Crippen LogP contribution in [0.2, 0.25) is 0 Å². The molecular formula is C13H19NO3. The number of fused-ring (bicyclic) bond motifs is 1. The van der Waals surface area contributed by atoms with Crippen LogP contribution in [0.3, 0.4) is 0 Å². The van der Waals surface area contributed by atoms with E-state index in [9.17, 15) is 0 Å². The minimum absolute atomic E-state index is 0.216. The number of benzene rings is 1. The summed E-state index contributed by atoms with van der Waals surface area (Å²) in [4.78, 5) is 0. The molecule has 0 radical (unpaired) electrons. The third-order valence-corrected chi connectivity index (χ3v) is 2.97. The lowest BCUT2D eigenvalue weighted by Crippen LogP contribution is -2.18. The van der Waals surface area contributed by atoms with Crippen LogP contribution in [0.5, 0.6) is 11.5 Å². The Labute approximate surface area is 102 Å². The fraction of sp³-hybridized carbons (Fsp3) is 0.538. The normalized spacial score (nSPS) is 15.4. The zero-order valence-corrected chi connectivity index (χ0v) is 10.1. The Kier molecular flexibility index (Phi) is 4.09. The van der Waals surface area contributed by atoms with E-state index >= 15 is 0 Å². The molecule has 94 valence electrons. The van der Waals surface area contributed by atoms with Crippen molar-refractivity contribution in [3.05, 3.63) is 18.2 Å². The smallest absolute Gasteiger partial charge is 0.163 e. The van der Waals surface area contributed by atoms with E-state index in [4.69, 9.17) is 14.6 Å². The van der Waals surface area contributed by atoms with Crippen LogP contribution in [0.15, 0.2) is 18.2 Å². The molecule has 1 aromatic carbocycles. The summed E-state index contributed by atoms with van der Waals surface area (Å²) in [6, 6.07) is 5.83. The van der Waals surface area contributed by atoms with E-state index in [0.717, 1.165) is 30.2 Å². The van der Waals surface area contributed by atoms with Gasteiger partial charge in [0, 0.05) is 24.9 Å². The largest absolute Gasteiger partial charge is 0.486 e. The first kappa shape index (κ1) is 12.0. The van der Waals surface area contributed by atoms with Crippen molar-refractivity contribution in [2.24, 2.45) is 5.92 Å². The van der Waals surface area contributed by atoms with Crippen molar-refractivity contribution in [1.29, 1.82) is 0 Å². The molecule has 17 heavy (non-hydrogen) atoms. The van der Waals surface area contributed by atoms with Gasteiger partial charge in [0.05, 0.1) is 0 Å². The van der Waals surface area contributed by atoms with Crippen LogP contribution in [-0.4, -0.2) is 31.5 Å². The molecule has 0 saturated carbocycles. The lowest BCUT2D eigenvalue weighted by atomic mass is 10.1. The lowest BCUT2D eigenvalue weighted by molar-refractivity contribution is 0.171. The Balaban J connectivity index is 1.97. The van der Waals surface area contributed by atoms with Crippen molar-refractivity contribution >= 4 is 5.69 Å². The van der Waals surface area contributed by atoms with Gasteiger partial charge in [-0.25, -0.2) is 0 Å². The van der Waals surface area contributed by atoms with Crippen LogP contribution in [0, 0.1) is 5.92 Å². The lowest BCUT2D eigenvalue weighted by Gasteiger charge is -2.20. The van der Waals surface area contributed by atoms with Gasteiger partial charge in [0.2, 0.25) is 0 Å². The summed E-state index contributed by atoms with van der Waals surface area (Å²) in [5.74, 6) is 1.89. The maximum atomic E-state index is 9.11. The second-order valence-corrected chi connectivity index (χ2v) is 4.20. The maximum absolute atomic E-state index is 9.11. The number of rotatable bonds is 5. The molecule has 0 aromatic heterocycles. The highest BCUT2D eigenvalue weighted by Gasteiger charge is 2.12. The van der Waals surface area contributed by atoms with Gasteiger partial charge in [-0.2, -0.15) is 0 Å². The Bertz CT molecular complexity index is 364. The van der Waals surface area contributed by atoms with Crippen molar-refractivity contribution in [2.75, 3.05) is 31.7 Å². The second-order valence-electron chi connectivity index (χ2n) is 4.20. The number of ether oxygens (including phenoxy) is 2. The Morgan fingerprint density at radius 3 is 2.76 bits per heavy atom. The SMILES string of the molecule is CCC(CO)CNc1ccc2c(c1)OCCO2. The molecule has 0 aliphatic carbocycles. The summed E-state index contributed by atoms with van der Waals surface area (Å²) in [6.07, 6.45) is 0.966. The van der Waals surface area contributed by atoms with E-state index in [1.54, 1.807) is 0 Å². The first-order valence-corrected chi connectivity index (χ1v) is 6.08. The fourth-order valence-electron chi connectivity index (χ4n) is 1.75. The summed E-state index contributed by atoms with van der Waals surface area (Å²) in [5.41, 5.74) is 1.00. The number of aliphatic hydroxyl groups is 1. The van der Waals surface area contributed by atoms with Crippen molar-refractivity contribution in [2.45, 2.75) is 13.3 Å². The van der Waals surface area contributed by atoms with Gasteiger partial charge < -0.3 is 19.9 Å². The summed E-state index contributed by atoms with van der Waals surface area (Å²) in [6.45, 7) is 4.28. The zero-order valence-electron chi connectivity index (χ0n) is 10.1. The Hall–Kier alpha value is -1.42. The maximum Gasteiger partial charge on any atom is 0.163 e. The molecular weight excluding hydrogens is 218 g/mol. The van der Waals surface area contributed by atoms with Crippen molar-refractivity contribution < 1.29 is 14.6 Å². The second kappa shape index (κ2) is 5.77. The van der Waals surface area contributed by atoms with E-state index in [2.05, 4.69) is 12.2 Å². The van der Waals surface area contributed by atoms with Gasteiger partial charge in [-0.05, 0) is 24.5 Å². The predicted molar refractivity (Wildman–Crippen MR) is 66.8 cm³/mol. The van der Waals surface area contributed by atoms with Gasteiger partial charge in [-0.3, -0.25) is 0 Å². The van der Waals surface area contributed by atoms with Crippen LogP contribution in [0.25, 0.3) is 0 Å². The highest BCUT2D eigenvalue weighted by molar-refractivity contribution is 5.55. The molecule has 4 nitrogen and oxygen atoms in total. The van der Waals surface area contributed by atoms with E-state index in [1.165, 1.54) is 0 Å². The monoisotopic (exact) mass is 237 g/mol. The van der Waals surface area contributed by atoms with Gasteiger partial charge >= 0.3 is 0 Å². The first-order valence-electron chi connectivity index (χ1n) is 6.08. The third kappa shape index (κ3) is 3.03. The van der Waals surface area contributed by atoms with Crippen LogP contribution in [0.4, 0.5) is 5.69 Å². The van der Waals surface area contributed by atoms with Crippen LogP contribution in [-0.2, 0) is 0 Å². The van der Waals surface area contributed by atoms with Gasteiger partial charge in [0.25, 0.3) is 0 Å². The van der Waals surface area contributed by atoms with Gasteiger partial charge in [0.1, 0.15) is 13.2 Å². The average Bonchev–Trinajstić information content (AvgIpc) is 2.40. The molecule has 0 saturated heterocycles.